The van der Waals surface area contributed by atoms with Crippen molar-refractivity contribution in [2.24, 2.45) is 12.0 Å². The number of aromatic nitrogens is 3. The first-order chi connectivity index (χ1) is 12.9. The van der Waals surface area contributed by atoms with Crippen molar-refractivity contribution in [1.29, 1.82) is 0 Å². The lowest BCUT2D eigenvalue weighted by Crippen LogP contribution is -2.38. The fourth-order valence-electron chi connectivity index (χ4n) is 2.66. The standard InChI is InChI=1S/C19H29N7O/c1-6-20-19(22-12-16-14(3)25-26(5)15(16)4)21-11-10-18(27)24-17-9-7-8-13(2)23-17/h7-9H,6,10-12H2,1-5H3,(H2,20,21,22)(H,23,24,27). The number of carbonyl (C=O) groups is 1. The van der Waals surface area contributed by atoms with E-state index >= 15 is 0 Å². The van der Waals surface area contributed by atoms with Gasteiger partial charge in [-0.3, -0.25) is 9.48 Å². The lowest BCUT2D eigenvalue weighted by Gasteiger charge is -2.11. The van der Waals surface area contributed by atoms with E-state index in [-0.39, 0.29) is 5.91 Å². The molecule has 0 bridgehead atoms. The van der Waals surface area contributed by atoms with E-state index in [4.69, 9.17) is 0 Å². The molecule has 0 atom stereocenters. The van der Waals surface area contributed by atoms with Crippen LogP contribution in [0.5, 0.6) is 0 Å². The maximum Gasteiger partial charge on any atom is 0.227 e. The molecule has 8 nitrogen and oxygen atoms in total. The number of amides is 1. The van der Waals surface area contributed by atoms with Gasteiger partial charge in [0.1, 0.15) is 5.82 Å². The third-order valence-electron chi connectivity index (χ3n) is 4.20. The Morgan fingerprint density at radius 2 is 2.00 bits per heavy atom. The zero-order valence-corrected chi connectivity index (χ0v) is 16.8. The highest BCUT2D eigenvalue weighted by Crippen LogP contribution is 2.12. The van der Waals surface area contributed by atoms with Gasteiger partial charge in [0.2, 0.25) is 5.91 Å². The van der Waals surface area contributed by atoms with E-state index < -0.39 is 0 Å². The van der Waals surface area contributed by atoms with Crippen LogP contribution in [-0.4, -0.2) is 39.7 Å². The Hall–Kier alpha value is -2.90. The van der Waals surface area contributed by atoms with Gasteiger partial charge >= 0.3 is 0 Å². The number of anilines is 1. The Labute approximate surface area is 160 Å². The van der Waals surface area contributed by atoms with Crippen molar-refractivity contribution in [1.82, 2.24) is 25.4 Å². The van der Waals surface area contributed by atoms with Gasteiger partial charge in [-0.25, -0.2) is 9.98 Å². The summed E-state index contributed by atoms with van der Waals surface area (Å²) in [5.41, 5.74) is 4.09. The number of guanidine groups is 1. The Morgan fingerprint density at radius 1 is 1.22 bits per heavy atom. The summed E-state index contributed by atoms with van der Waals surface area (Å²) < 4.78 is 1.87. The maximum absolute atomic E-state index is 12.1. The van der Waals surface area contributed by atoms with E-state index in [0.29, 0.717) is 31.3 Å². The topological polar surface area (TPSA) is 96.2 Å². The first kappa shape index (κ1) is 20.4. The van der Waals surface area contributed by atoms with Crippen molar-refractivity contribution in [3.8, 4) is 0 Å². The summed E-state index contributed by atoms with van der Waals surface area (Å²) in [5, 5.41) is 13.6. The lowest BCUT2D eigenvalue weighted by molar-refractivity contribution is -0.116. The van der Waals surface area contributed by atoms with Crippen molar-refractivity contribution < 1.29 is 4.79 Å². The van der Waals surface area contributed by atoms with Gasteiger partial charge in [-0.2, -0.15) is 5.10 Å². The van der Waals surface area contributed by atoms with Crippen LogP contribution >= 0.6 is 0 Å². The number of aryl methyl sites for hydroxylation is 3. The van der Waals surface area contributed by atoms with Crippen LogP contribution in [0.3, 0.4) is 0 Å². The normalized spacial score (nSPS) is 11.4. The molecule has 0 radical (unpaired) electrons. The van der Waals surface area contributed by atoms with E-state index in [0.717, 1.165) is 29.2 Å². The second-order valence-electron chi connectivity index (χ2n) is 6.36. The van der Waals surface area contributed by atoms with Gasteiger partial charge in [-0.1, -0.05) is 6.07 Å². The molecule has 0 aliphatic rings. The first-order valence-electron chi connectivity index (χ1n) is 9.15. The zero-order valence-electron chi connectivity index (χ0n) is 16.8. The molecule has 0 aliphatic heterocycles. The molecule has 2 aromatic rings. The highest BCUT2D eigenvalue weighted by atomic mass is 16.1. The van der Waals surface area contributed by atoms with Gasteiger partial charge < -0.3 is 16.0 Å². The Balaban J connectivity index is 1.87. The summed E-state index contributed by atoms with van der Waals surface area (Å²) in [4.78, 5) is 21.0. The minimum atomic E-state index is -0.0876. The van der Waals surface area contributed by atoms with Gasteiger partial charge in [-0.15, -0.1) is 0 Å². The van der Waals surface area contributed by atoms with Crippen LogP contribution in [0.2, 0.25) is 0 Å². The number of carbonyl (C=O) groups excluding carboxylic acids is 1. The summed E-state index contributed by atoms with van der Waals surface area (Å²) >= 11 is 0. The molecule has 146 valence electrons. The van der Waals surface area contributed by atoms with Crippen LogP contribution < -0.4 is 16.0 Å². The molecule has 0 saturated heterocycles. The van der Waals surface area contributed by atoms with Crippen molar-refractivity contribution in [3.63, 3.8) is 0 Å². The second-order valence-corrected chi connectivity index (χ2v) is 6.36. The number of hydrogen-bond donors (Lipinski definition) is 3. The van der Waals surface area contributed by atoms with Crippen LogP contribution in [-0.2, 0) is 18.4 Å². The quantitative estimate of drug-likeness (QED) is 0.510. The Morgan fingerprint density at radius 3 is 2.63 bits per heavy atom. The molecule has 8 heteroatoms. The smallest absolute Gasteiger partial charge is 0.227 e. The van der Waals surface area contributed by atoms with Crippen molar-refractivity contribution in [2.75, 3.05) is 18.4 Å². The number of rotatable bonds is 7. The molecule has 0 saturated carbocycles. The van der Waals surface area contributed by atoms with Crippen LogP contribution in [0.25, 0.3) is 0 Å². The fraction of sp³-hybridized carbons (Fsp3) is 0.474. The van der Waals surface area contributed by atoms with E-state index in [1.54, 1.807) is 6.07 Å². The summed E-state index contributed by atoms with van der Waals surface area (Å²) in [6, 6.07) is 5.54. The van der Waals surface area contributed by atoms with E-state index in [2.05, 4.69) is 31.0 Å². The van der Waals surface area contributed by atoms with Crippen LogP contribution in [0, 0.1) is 20.8 Å². The number of pyridine rings is 1. The van der Waals surface area contributed by atoms with Crippen LogP contribution in [0.1, 0.15) is 36.0 Å². The summed E-state index contributed by atoms with van der Waals surface area (Å²) in [6.45, 7) is 9.69. The average molecular weight is 371 g/mol. The van der Waals surface area contributed by atoms with Crippen molar-refractivity contribution >= 4 is 17.7 Å². The first-order valence-corrected chi connectivity index (χ1v) is 9.15. The fourth-order valence-corrected chi connectivity index (χ4v) is 2.66. The summed E-state index contributed by atoms with van der Waals surface area (Å²) in [5.74, 6) is 1.17. The Bertz CT molecular complexity index is 810. The van der Waals surface area contributed by atoms with Gasteiger partial charge in [0.25, 0.3) is 0 Å². The monoisotopic (exact) mass is 371 g/mol. The zero-order chi connectivity index (χ0) is 19.8. The molecular weight excluding hydrogens is 342 g/mol. The van der Waals surface area contributed by atoms with Gasteiger partial charge in [0.15, 0.2) is 5.96 Å². The minimum absolute atomic E-state index is 0.0876. The molecule has 3 N–H and O–H groups in total. The molecule has 2 rings (SSSR count). The number of nitrogens with zero attached hydrogens (tertiary/aromatic N) is 4. The van der Waals surface area contributed by atoms with Gasteiger partial charge in [0, 0.05) is 43.5 Å². The van der Waals surface area contributed by atoms with Gasteiger partial charge in [-0.05, 0) is 39.8 Å². The minimum Gasteiger partial charge on any atom is -0.357 e. The summed E-state index contributed by atoms with van der Waals surface area (Å²) in [7, 11) is 1.93. The third kappa shape index (κ3) is 6.09. The Kier molecular flexibility index (Phi) is 7.34. The predicted molar refractivity (Wildman–Crippen MR) is 108 cm³/mol. The van der Waals surface area contributed by atoms with E-state index in [9.17, 15) is 4.79 Å². The molecule has 0 aromatic carbocycles. The molecule has 27 heavy (non-hydrogen) atoms. The highest BCUT2D eigenvalue weighted by molar-refractivity contribution is 5.90. The molecule has 2 heterocycles. The third-order valence-corrected chi connectivity index (χ3v) is 4.20. The number of hydrogen-bond acceptors (Lipinski definition) is 4. The molecule has 1 amide bonds. The van der Waals surface area contributed by atoms with Crippen molar-refractivity contribution in [2.45, 2.75) is 40.7 Å². The predicted octanol–water partition coefficient (Wildman–Crippen LogP) is 1.82. The van der Waals surface area contributed by atoms with E-state index in [1.807, 2.05) is 51.6 Å². The highest BCUT2D eigenvalue weighted by Gasteiger charge is 2.09. The van der Waals surface area contributed by atoms with Crippen molar-refractivity contribution in [3.05, 3.63) is 40.8 Å². The SMILES string of the molecule is CCNC(=NCc1c(C)nn(C)c1C)NCCC(=O)Nc1cccc(C)n1. The largest absolute Gasteiger partial charge is 0.357 e. The molecule has 0 fully saturated rings. The number of aliphatic imine (C=N–C) groups is 1. The molecule has 0 unspecified atom stereocenters. The van der Waals surface area contributed by atoms with Gasteiger partial charge in [0.05, 0.1) is 12.2 Å². The van der Waals surface area contributed by atoms with E-state index in [1.165, 1.54) is 0 Å². The van der Waals surface area contributed by atoms with Crippen LogP contribution in [0.4, 0.5) is 5.82 Å². The second kappa shape index (κ2) is 9.70. The molecule has 0 aliphatic carbocycles. The lowest BCUT2D eigenvalue weighted by atomic mass is 10.2. The molecule has 0 spiro atoms. The summed E-state index contributed by atoms with van der Waals surface area (Å²) in [6.07, 6.45) is 0.324. The maximum atomic E-state index is 12.1. The molecular formula is C19H29N7O. The number of nitrogens with one attached hydrogen (secondary N) is 3. The molecule has 2 aromatic heterocycles. The average Bonchev–Trinajstić information content (AvgIpc) is 2.85. The van der Waals surface area contributed by atoms with Crippen LogP contribution in [0.15, 0.2) is 23.2 Å².